The van der Waals surface area contributed by atoms with Crippen LogP contribution >= 0.6 is 0 Å². The second-order valence-corrected chi connectivity index (χ2v) is 6.06. The monoisotopic (exact) mass is 324 g/mol. The summed E-state index contributed by atoms with van der Waals surface area (Å²) in [6.45, 7) is 0. The number of hydrogen-bond donors (Lipinski definition) is 1. The number of aliphatic hydroxyl groups is 1. The van der Waals surface area contributed by atoms with Crippen LogP contribution in [0.15, 0.2) is 29.8 Å². The molecule has 0 amide bonds. The first-order valence-corrected chi connectivity index (χ1v) is 7.49. The van der Waals surface area contributed by atoms with Gasteiger partial charge in [-0.1, -0.05) is 24.3 Å². The molecule has 0 atom stereocenters. The van der Waals surface area contributed by atoms with E-state index in [0.717, 1.165) is 0 Å². The number of benzene rings is 1. The van der Waals surface area contributed by atoms with Crippen LogP contribution in [0.2, 0.25) is 0 Å². The molecule has 0 bridgehead atoms. The molecule has 1 aromatic carbocycles. The number of ketones is 2. The van der Waals surface area contributed by atoms with Crippen molar-refractivity contribution in [2.24, 2.45) is 11.8 Å². The Kier molecular flexibility index (Phi) is 3.78. The first-order valence-electron chi connectivity index (χ1n) is 7.49. The summed E-state index contributed by atoms with van der Waals surface area (Å²) < 4.78 is 38.2. The Morgan fingerprint density at radius 3 is 2.04 bits per heavy atom. The molecule has 6 heteroatoms. The van der Waals surface area contributed by atoms with Crippen LogP contribution in [0.3, 0.4) is 0 Å². The van der Waals surface area contributed by atoms with Gasteiger partial charge in [0.05, 0.1) is 5.92 Å². The molecule has 0 unspecified atom stereocenters. The van der Waals surface area contributed by atoms with Gasteiger partial charge in [0, 0.05) is 16.7 Å². The van der Waals surface area contributed by atoms with Gasteiger partial charge in [-0.3, -0.25) is 9.59 Å². The highest BCUT2D eigenvalue weighted by molar-refractivity contribution is 6.52. The van der Waals surface area contributed by atoms with Gasteiger partial charge in [-0.2, -0.15) is 13.2 Å². The summed E-state index contributed by atoms with van der Waals surface area (Å²) in [4.78, 5) is 24.5. The molecule has 0 aliphatic heterocycles. The van der Waals surface area contributed by atoms with Crippen LogP contribution in [-0.2, 0) is 4.79 Å². The van der Waals surface area contributed by atoms with E-state index in [1.165, 1.54) is 12.1 Å². The summed E-state index contributed by atoms with van der Waals surface area (Å²) in [5.41, 5.74) is 0.405. The van der Waals surface area contributed by atoms with E-state index in [-0.39, 0.29) is 48.1 Å². The first kappa shape index (κ1) is 15.8. The second kappa shape index (κ2) is 5.51. The van der Waals surface area contributed by atoms with Gasteiger partial charge in [-0.25, -0.2) is 0 Å². The van der Waals surface area contributed by atoms with Crippen LogP contribution < -0.4 is 0 Å². The zero-order chi connectivity index (χ0) is 16.8. The highest BCUT2D eigenvalue weighted by Gasteiger charge is 2.44. The lowest BCUT2D eigenvalue weighted by Crippen LogP contribution is -2.33. The quantitative estimate of drug-likeness (QED) is 0.792. The summed E-state index contributed by atoms with van der Waals surface area (Å²) in [5, 5.41) is 10.4. The fourth-order valence-corrected chi connectivity index (χ4v) is 3.47. The molecule has 0 spiro atoms. The summed E-state index contributed by atoms with van der Waals surface area (Å²) in [6.07, 6.45) is -4.13. The van der Waals surface area contributed by atoms with Crippen molar-refractivity contribution in [1.29, 1.82) is 0 Å². The van der Waals surface area contributed by atoms with Crippen molar-refractivity contribution in [1.82, 2.24) is 0 Å². The number of Topliss-reactive ketones (excluding diaryl/α,β-unsaturated/α-hetero) is 2. The number of allylic oxidation sites excluding steroid dienone is 1. The van der Waals surface area contributed by atoms with E-state index in [0.29, 0.717) is 0 Å². The topological polar surface area (TPSA) is 54.4 Å². The SMILES string of the molecule is O=C1C(=O)c2ccccc2C(O)=C1C1CCC(C(F)(F)F)CC1. The van der Waals surface area contributed by atoms with Crippen molar-refractivity contribution < 1.29 is 27.9 Å². The molecule has 1 saturated carbocycles. The van der Waals surface area contributed by atoms with Gasteiger partial charge in [-0.05, 0) is 31.6 Å². The van der Waals surface area contributed by atoms with Crippen LogP contribution in [0.5, 0.6) is 0 Å². The van der Waals surface area contributed by atoms with E-state index >= 15 is 0 Å². The Labute approximate surface area is 130 Å². The Balaban J connectivity index is 1.91. The second-order valence-electron chi connectivity index (χ2n) is 6.06. The molecule has 122 valence electrons. The van der Waals surface area contributed by atoms with Crippen molar-refractivity contribution in [3.63, 3.8) is 0 Å². The maximum Gasteiger partial charge on any atom is 0.391 e. The Hall–Kier alpha value is -2.11. The van der Waals surface area contributed by atoms with Gasteiger partial charge >= 0.3 is 6.18 Å². The Morgan fingerprint density at radius 1 is 0.913 bits per heavy atom. The number of fused-ring (bicyclic) bond motifs is 1. The molecule has 0 aromatic heterocycles. The van der Waals surface area contributed by atoms with E-state index in [1.807, 2.05) is 0 Å². The van der Waals surface area contributed by atoms with Gasteiger partial charge < -0.3 is 5.11 Å². The number of halogens is 3. The standard InChI is InChI=1S/C17H15F3O3/c18-17(19,20)10-7-5-9(6-8-10)13-14(21)11-3-1-2-4-12(11)15(22)16(13)23/h1-4,9-10,21H,5-8H2. The van der Waals surface area contributed by atoms with Crippen molar-refractivity contribution >= 4 is 17.3 Å². The average molecular weight is 324 g/mol. The zero-order valence-electron chi connectivity index (χ0n) is 12.2. The number of carbonyl (C=O) groups excluding carboxylic acids is 2. The minimum Gasteiger partial charge on any atom is -0.507 e. The molecule has 0 saturated heterocycles. The maximum atomic E-state index is 12.7. The van der Waals surface area contributed by atoms with Crippen LogP contribution in [0.1, 0.15) is 41.6 Å². The fourth-order valence-electron chi connectivity index (χ4n) is 3.47. The number of carbonyl (C=O) groups is 2. The molecule has 1 fully saturated rings. The van der Waals surface area contributed by atoms with Crippen molar-refractivity contribution in [2.45, 2.75) is 31.9 Å². The number of aliphatic hydroxyl groups excluding tert-OH is 1. The van der Waals surface area contributed by atoms with E-state index in [4.69, 9.17) is 0 Å². The molecule has 3 nitrogen and oxygen atoms in total. The van der Waals surface area contributed by atoms with Crippen LogP contribution in [0, 0.1) is 11.8 Å². The molecule has 0 heterocycles. The van der Waals surface area contributed by atoms with E-state index in [9.17, 15) is 27.9 Å². The molecule has 3 rings (SSSR count). The first-order chi connectivity index (χ1) is 10.8. The third kappa shape index (κ3) is 2.66. The average Bonchev–Trinajstić information content (AvgIpc) is 2.53. The predicted molar refractivity (Wildman–Crippen MR) is 76.8 cm³/mol. The largest absolute Gasteiger partial charge is 0.507 e. The summed E-state index contributed by atoms with van der Waals surface area (Å²) in [7, 11) is 0. The number of alkyl halides is 3. The Morgan fingerprint density at radius 2 is 1.48 bits per heavy atom. The van der Waals surface area contributed by atoms with E-state index < -0.39 is 29.6 Å². The van der Waals surface area contributed by atoms with E-state index in [2.05, 4.69) is 0 Å². The molecular weight excluding hydrogens is 309 g/mol. The van der Waals surface area contributed by atoms with Crippen LogP contribution in [-0.4, -0.2) is 22.8 Å². The molecule has 2 aliphatic carbocycles. The lowest BCUT2D eigenvalue weighted by Gasteiger charge is -2.32. The van der Waals surface area contributed by atoms with Gasteiger partial charge in [-0.15, -0.1) is 0 Å². The molecule has 1 N–H and O–H groups in total. The molecule has 0 radical (unpaired) electrons. The van der Waals surface area contributed by atoms with Gasteiger partial charge in [0.2, 0.25) is 11.6 Å². The molecular formula is C17H15F3O3. The highest BCUT2D eigenvalue weighted by atomic mass is 19.4. The normalized spacial score (nSPS) is 25.5. The Bertz CT molecular complexity index is 695. The lowest BCUT2D eigenvalue weighted by molar-refractivity contribution is -0.183. The maximum absolute atomic E-state index is 12.7. The van der Waals surface area contributed by atoms with E-state index in [1.54, 1.807) is 12.1 Å². The summed E-state index contributed by atoms with van der Waals surface area (Å²) in [5.74, 6) is -3.63. The van der Waals surface area contributed by atoms with Gasteiger partial charge in [0.25, 0.3) is 0 Å². The van der Waals surface area contributed by atoms with Crippen molar-refractivity contribution in [3.05, 3.63) is 41.0 Å². The fraction of sp³-hybridized carbons (Fsp3) is 0.412. The van der Waals surface area contributed by atoms with Crippen molar-refractivity contribution in [3.8, 4) is 0 Å². The third-order valence-corrected chi connectivity index (χ3v) is 4.73. The highest BCUT2D eigenvalue weighted by Crippen LogP contribution is 2.44. The lowest BCUT2D eigenvalue weighted by atomic mass is 9.73. The predicted octanol–water partition coefficient (Wildman–Crippen LogP) is 4.09. The summed E-state index contributed by atoms with van der Waals surface area (Å²) >= 11 is 0. The minimum atomic E-state index is -4.24. The van der Waals surface area contributed by atoms with Crippen LogP contribution in [0.25, 0.3) is 5.76 Å². The smallest absolute Gasteiger partial charge is 0.391 e. The number of hydrogen-bond acceptors (Lipinski definition) is 3. The summed E-state index contributed by atoms with van der Waals surface area (Å²) in [6, 6.07) is 6.23. The molecule has 1 aromatic rings. The zero-order valence-corrected chi connectivity index (χ0v) is 12.2. The molecule has 2 aliphatic rings. The van der Waals surface area contributed by atoms with Gasteiger partial charge in [0.15, 0.2) is 0 Å². The van der Waals surface area contributed by atoms with Gasteiger partial charge in [0.1, 0.15) is 5.76 Å². The number of rotatable bonds is 1. The van der Waals surface area contributed by atoms with Crippen LogP contribution in [0.4, 0.5) is 13.2 Å². The molecule has 23 heavy (non-hydrogen) atoms. The van der Waals surface area contributed by atoms with Crippen molar-refractivity contribution in [2.75, 3.05) is 0 Å². The minimum absolute atomic E-state index is 0.0191. The third-order valence-electron chi connectivity index (χ3n) is 4.73.